The van der Waals surface area contributed by atoms with E-state index in [1.807, 2.05) is 0 Å². The van der Waals surface area contributed by atoms with Crippen molar-refractivity contribution in [1.29, 1.82) is 0 Å². The third-order valence-electron chi connectivity index (χ3n) is 2.12. The summed E-state index contributed by atoms with van der Waals surface area (Å²) in [4.78, 5) is 20.9. The second-order valence-electron chi connectivity index (χ2n) is 3.55. The molecule has 0 aliphatic rings. The van der Waals surface area contributed by atoms with Gasteiger partial charge in [0.25, 0.3) is 10.1 Å². The molecule has 1 aromatic rings. The Bertz CT molecular complexity index is 609. The third-order valence-corrected chi connectivity index (χ3v) is 3.95. The van der Waals surface area contributed by atoms with Crippen LogP contribution in [0, 0.1) is 0 Å². The van der Waals surface area contributed by atoms with E-state index in [1.54, 1.807) is 0 Å². The van der Waals surface area contributed by atoms with Gasteiger partial charge in [-0.3, -0.25) is 0 Å². The van der Waals surface area contributed by atoms with Gasteiger partial charge in [0.05, 0.1) is 4.90 Å². The molecule has 0 heterocycles. The summed E-state index contributed by atoms with van der Waals surface area (Å²) in [6, 6.07) is 5.01. The van der Waals surface area contributed by atoms with Gasteiger partial charge in [-0.2, -0.15) is 8.42 Å². The van der Waals surface area contributed by atoms with E-state index in [0.717, 1.165) is 12.1 Å². The number of hydrogen-bond acceptors (Lipinski definition) is 6. The Labute approximate surface area is 121 Å². The predicted molar refractivity (Wildman–Crippen MR) is 67.5 cm³/mol. The van der Waals surface area contributed by atoms with Gasteiger partial charge in [-0.05, 0) is 24.3 Å². The molecule has 0 spiro atoms. The molecule has 0 saturated carbocycles. The first-order valence-corrected chi connectivity index (χ1v) is 7.18. The lowest BCUT2D eigenvalue weighted by Crippen LogP contribution is -2.42. The Kier molecular flexibility index (Phi) is 5.22. The Hall–Kier alpha value is -1.49. The quantitative estimate of drug-likeness (QED) is 0.598. The number of hydrogen-bond donors (Lipinski definition) is 3. The molecule has 8 nitrogen and oxygen atoms in total. The molecule has 0 aliphatic carbocycles. The lowest BCUT2D eigenvalue weighted by molar-refractivity contribution is -0.163. The highest BCUT2D eigenvalue weighted by molar-refractivity contribution is 9.10. The fraction of sp³-hybridized carbons (Fsp3) is 0.200. The number of aliphatic hydroxyl groups excluding tert-OH is 1. The highest BCUT2D eigenvalue weighted by Crippen LogP contribution is 2.19. The molecular weight excluding hydrogens is 360 g/mol. The van der Waals surface area contributed by atoms with Gasteiger partial charge < -0.3 is 15.3 Å². The Morgan fingerprint density at radius 2 is 1.60 bits per heavy atom. The van der Waals surface area contributed by atoms with Crippen molar-refractivity contribution >= 4 is 38.0 Å². The molecule has 20 heavy (non-hydrogen) atoms. The van der Waals surface area contributed by atoms with Crippen LogP contribution in [0.1, 0.15) is 0 Å². The fourth-order valence-corrected chi connectivity index (χ4v) is 2.46. The summed E-state index contributed by atoms with van der Waals surface area (Å²) in [5.74, 6) is -3.83. The molecule has 1 aromatic carbocycles. The van der Waals surface area contributed by atoms with Gasteiger partial charge in [0.1, 0.15) is 0 Å². The Balaban J connectivity index is 3.06. The second kappa shape index (κ2) is 6.31. The average molecular weight is 369 g/mol. The van der Waals surface area contributed by atoms with Crippen LogP contribution in [0.3, 0.4) is 0 Å². The molecule has 0 aliphatic heterocycles. The van der Waals surface area contributed by atoms with Crippen molar-refractivity contribution < 1.29 is 37.5 Å². The number of carboxylic acids is 2. The van der Waals surface area contributed by atoms with Crippen LogP contribution in [-0.2, 0) is 23.9 Å². The highest BCUT2D eigenvalue weighted by Gasteiger charge is 2.37. The molecule has 10 heteroatoms. The summed E-state index contributed by atoms with van der Waals surface area (Å²) < 4.78 is 28.4. The van der Waals surface area contributed by atoms with Crippen molar-refractivity contribution in [2.75, 3.05) is 0 Å². The Morgan fingerprint density at radius 1 is 1.10 bits per heavy atom. The molecule has 0 amide bonds. The van der Waals surface area contributed by atoms with Crippen molar-refractivity contribution in [2.24, 2.45) is 0 Å². The molecule has 0 saturated heterocycles. The van der Waals surface area contributed by atoms with Crippen LogP contribution in [0.2, 0.25) is 0 Å². The van der Waals surface area contributed by atoms with E-state index in [4.69, 9.17) is 15.3 Å². The molecule has 110 valence electrons. The third kappa shape index (κ3) is 4.00. The van der Waals surface area contributed by atoms with Gasteiger partial charge in [0.15, 0.2) is 6.10 Å². The minimum absolute atomic E-state index is 0.371. The summed E-state index contributed by atoms with van der Waals surface area (Å²) >= 11 is 3.08. The molecule has 2 atom stereocenters. The van der Waals surface area contributed by atoms with Gasteiger partial charge in [-0.15, -0.1) is 0 Å². The monoisotopic (exact) mass is 368 g/mol. The first kappa shape index (κ1) is 16.6. The second-order valence-corrected chi connectivity index (χ2v) is 6.03. The number of carbonyl (C=O) groups is 2. The van der Waals surface area contributed by atoms with E-state index in [9.17, 15) is 18.0 Å². The summed E-state index contributed by atoms with van der Waals surface area (Å²) in [6.07, 6.45) is -4.96. The van der Waals surface area contributed by atoms with E-state index < -0.39 is 34.3 Å². The van der Waals surface area contributed by atoms with Crippen LogP contribution in [0.5, 0.6) is 0 Å². The molecule has 2 unspecified atom stereocenters. The van der Waals surface area contributed by atoms with E-state index >= 15 is 0 Å². The number of aliphatic hydroxyl groups is 1. The minimum Gasteiger partial charge on any atom is -0.479 e. The number of aliphatic carboxylic acids is 2. The standard InChI is InChI=1S/C10H9BrO8S/c11-5-1-3-6(4-2-5)20(17,18)19-8(10(15)16)7(12)9(13)14/h1-4,7-8,12H,(H,13,14)(H,15,16). The van der Waals surface area contributed by atoms with Crippen LogP contribution in [0.25, 0.3) is 0 Å². The van der Waals surface area contributed by atoms with E-state index in [-0.39, 0.29) is 4.90 Å². The van der Waals surface area contributed by atoms with Gasteiger partial charge in [-0.1, -0.05) is 15.9 Å². The molecule has 0 aromatic heterocycles. The average Bonchev–Trinajstić information content (AvgIpc) is 2.35. The van der Waals surface area contributed by atoms with Crippen molar-refractivity contribution in [3.05, 3.63) is 28.7 Å². The lowest BCUT2D eigenvalue weighted by Gasteiger charge is -2.16. The number of rotatable bonds is 6. The lowest BCUT2D eigenvalue weighted by atomic mass is 10.2. The minimum atomic E-state index is -4.52. The summed E-state index contributed by atoms with van der Waals surface area (Å²) in [5, 5.41) is 26.4. The molecule has 1 rings (SSSR count). The maximum absolute atomic E-state index is 11.8. The number of carboxylic acid groups (broad SMARTS) is 2. The fourth-order valence-electron chi connectivity index (χ4n) is 1.15. The largest absolute Gasteiger partial charge is 0.479 e. The summed E-state index contributed by atoms with van der Waals surface area (Å²) in [6.45, 7) is 0. The normalized spacial score (nSPS) is 14.5. The van der Waals surface area contributed by atoms with Gasteiger partial charge in [-0.25, -0.2) is 13.8 Å². The van der Waals surface area contributed by atoms with Crippen molar-refractivity contribution in [2.45, 2.75) is 17.1 Å². The smallest absolute Gasteiger partial charge is 0.337 e. The van der Waals surface area contributed by atoms with Crippen LogP contribution in [0.15, 0.2) is 33.6 Å². The zero-order valence-electron chi connectivity index (χ0n) is 9.63. The molecular formula is C10H9BrO8S. The van der Waals surface area contributed by atoms with Crippen molar-refractivity contribution in [3.63, 3.8) is 0 Å². The molecule has 3 N–H and O–H groups in total. The van der Waals surface area contributed by atoms with Crippen molar-refractivity contribution in [3.8, 4) is 0 Å². The molecule has 0 fully saturated rings. The van der Waals surface area contributed by atoms with Crippen LogP contribution >= 0.6 is 15.9 Å². The van der Waals surface area contributed by atoms with Crippen LogP contribution in [0.4, 0.5) is 0 Å². The first-order chi connectivity index (χ1) is 9.15. The zero-order valence-corrected chi connectivity index (χ0v) is 12.0. The first-order valence-electron chi connectivity index (χ1n) is 4.97. The predicted octanol–water partition coefficient (Wildman–Crippen LogP) is 0.0531. The summed E-state index contributed by atoms with van der Waals surface area (Å²) in [7, 11) is -4.52. The molecule has 0 bridgehead atoms. The van der Waals surface area contributed by atoms with Crippen LogP contribution < -0.4 is 0 Å². The van der Waals surface area contributed by atoms with Gasteiger partial charge in [0, 0.05) is 4.47 Å². The highest BCUT2D eigenvalue weighted by atomic mass is 79.9. The topological polar surface area (TPSA) is 138 Å². The van der Waals surface area contributed by atoms with Gasteiger partial charge >= 0.3 is 11.9 Å². The maximum atomic E-state index is 11.8. The number of benzene rings is 1. The molecule has 0 radical (unpaired) electrons. The summed E-state index contributed by atoms with van der Waals surface area (Å²) in [5.41, 5.74) is 0. The Morgan fingerprint density at radius 3 is 2.00 bits per heavy atom. The van der Waals surface area contributed by atoms with Crippen LogP contribution in [-0.4, -0.2) is 47.9 Å². The maximum Gasteiger partial charge on any atom is 0.337 e. The number of halogens is 1. The van der Waals surface area contributed by atoms with E-state index in [2.05, 4.69) is 20.1 Å². The zero-order chi connectivity index (χ0) is 15.5. The van der Waals surface area contributed by atoms with Crippen molar-refractivity contribution in [1.82, 2.24) is 0 Å². The van der Waals surface area contributed by atoms with E-state index in [0.29, 0.717) is 4.47 Å². The van der Waals surface area contributed by atoms with Gasteiger partial charge in [0.2, 0.25) is 6.10 Å². The SMILES string of the molecule is O=C(O)C(O)C(OS(=O)(=O)c1ccc(Br)cc1)C(=O)O. The van der Waals surface area contributed by atoms with E-state index in [1.165, 1.54) is 12.1 Å².